The van der Waals surface area contributed by atoms with Crippen LogP contribution in [0.4, 0.5) is 11.6 Å². The van der Waals surface area contributed by atoms with E-state index in [2.05, 4.69) is 25.3 Å². The van der Waals surface area contributed by atoms with Crippen molar-refractivity contribution in [1.29, 1.82) is 0 Å². The number of sulfonamides is 1. The van der Waals surface area contributed by atoms with Gasteiger partial charge < -0.3 is 14.7 Å². The topological polar surface area (TPSA) is 104 Å². The Kier molecular flexibility index (Phi) is 5.37. The van der Waals surface area contributed by atoms with Crippen LogP contribution in [0.5, 0.6) is 0 Å². The Balaban J connectivity index is 1.45. The maximum Gasteiger partial charge on any atom is 0.220 e. The van der Waals surface area contributed by atoms with Crippen LogP contribution in [-0.4, -0.2) is 60.6 Å². The fraction of sp³-hybridized carbons (Fsp3) is 0.421. The third kappa shape index (κ3) is 4.18. The van der Waals surface area contributed by atoms with Crippen molar-refractivity contribution in [3.05, 3.63) is 41.9 Å². The minimum Gasteiger partial charge on any atom is -0.370 e. The van der Waals surface area contributed by atoms with E-state index in [4.69, 9.17) is 4.52 Å². The first-order valence-electron chi connectivity index (χ1n) is 9.62. The summed E-state index contributed by atoms with van der Waals surface area (Å²) in [6.07, 6.45) is 0. The predicted molar refractivity (Wildman–Crippen MR) is 111 cm³/mol. The number of hydrogen-bond donors (Lipinski definition) is 1. The lowest BCUT2D eigenvalue weighted by Crippen LogP contribution is -2.49. The average molecular weight is 417 g/mol. The summed E-state index contributed by atoms with van der Waals surface area (Å²) in [5.41, 5.74) is 1.04. The van der Waals surface area contributed by atoms with Crippen molar-refractivity contribution < 1.29 is 12.9 Å². The van der Waals surface area contributed by atoms with E-state index in [9.17, 15) is 8.42 Å². The molecule has 0 spiro atoms. The molecule has 1 fully saturated rings. The van der Waals surface area contributed by atoms with Crippen LogP contribution in [0.15, 0.2) is 34.9 Å². The summed E-state index contributed by atoms with van der Waals surface area (Å²) < 4.78 is 32.6. The Labute approximate surface area is 169 Å². The van der Waals surface area contributed by atoms with Crippen molar-refractivity contribution >= 4 is 32.6 Å². The van der Waals surface area contributed by atoms with Gasteiger partial charge in [-0.1, -0.05) is 17.3 Å². The summed E-state index contributed by atoms with van der Waals surface area (Å²) in [6.45, 7) is 6.59. The number of aromatic nitrogens is 3. The summed E-state index contributed by atoms with van der Waals surface area (Å²) in [6, 6.07) is 9.19. The molecule has 0 unspecified atom stereocenters. The standard InChI is InChI=1S/C19H24N6O3S/c1-3-20-18-12-19(22-14(2)21-18)24-8-10-25(11-9-24)29(26,27)13-16-15-6-4-5-7-17(15)28-23-16/h4-7,12H,3,8-11,13H2,1-2H3,(H,20,21,22). The van der Waals surface area contributed by atoms with Gasteiger partial charge in [-0.3, -0.25) is 0 Å². The molecule has 0 saturated carbocycles. The summed E-state index contributed by atoms with van der Waals surface area (Å²) in [4.78, 5) is 11.0. The third-order valence-electron chi connectivity index (χ3n) is 4.91. The number of rotatable bonds is 6. The molecule has 29 heavy (non-hydrogen) atoms. The number of benzene rings is 1. The maximum atomic E-state index is 12.9. The van der Waals surface area contributed by atoms with E-state index in [1.165, 1.54) is 4.31 Å². The minimum absolute atomic E-state index is 0.165. The smallest absolute Gasteiger partial charge is 0.220 e. The van der Waals surface area contributed by atoms with E-state index in [1.807, 2.05) is 38.1 Å². The van der Waals surface area contributed by atoms with Crippen molar-refractivity contribution in [3.63, 3.8) is 0 Å². The molecule has 4 rings (SSSR count). The lowest BCUT2D eigenvalue weighted by atomic mass is 10.2. The quantitative estimate of drug-likeness (QED) is 0.651. The number of fused-ring (bicyclic) bond motifs is 1. The van der Waals surface area contributed by atoms with Gasteiger partial charge in [0.2, 0.25) is 10.0 Å². The van der Waals surface area contributed by atoms with Gasteiger partial charge in [0, 0.05) is 44.2 Å². The number of nitrogens with zero attached hydrogens (tertiary/aromatic N) is 5. The Hall–Kier alpha value is -2.72. The van der Waals surface area contributed by atoms with Gasteiger partial charge in [0.05, 0.1) is 0 Å². The number of hydrogen-bond acceptors (Lipinski definition) is 8. The van der Waals surface area contributed by atoms with Crippen LogP contribution in [0.3, 0.4) is 0 Å². The summed E-state index contributed by atoms with van der Waals surface area (Å²) in [5, 5.41) is 7.90. The SMILES string of the molecule is CCNc1cc(N2CCN(S(=O)(=O)Cc3noc4ccccc34)CC2)nc(C)n1. The molecule has 1 aromatic carbocycles. The van der Waals surface area contributed by atoms with Gasteiger partial charge in [0.1, 0.15) is 28.9 Å². The average Bonchev–Trinajstić information content (AvgIpc) is 3.10. The van der Waals surface area contributed by atoms with Crippen LogP contribution in [0.25, 0.3) is 11.0 Å². The van der Waals surface area contributed by atoms with Crippen LogP contribution in [0.1, 0.15) is 18.4 Å². The molecule has 0 radical (unpaired) electrons. The largest absolute Gasteiger partial charge is 0.370 e. The first-order valence-corrected chi connectivity index (χ1v) is 11.2. The zero-order valence-corrected chi connectivity index (χ0v) is 17.3. The fourth-order valence-corrected chi connectivity index (χ4v) is 4.94. The van der Waals surface area contributed by atoms with E-state index in [0.717, 1.165) is 23.6 Å². The van der Waals surface area contributed by atoms with Crippen LogP contribution in [-0.2, 0) is 15.8 Å². The fourth-order valence-electron chi connectivity index (χ4n) is 3.49. The molecule has 1 saturated heterocycles. The second-order valence-corrected chi connectivity index (χ2v) is 8.93. The Bertz CT molecular complexity index is 1110. The second kappa shape index (κ2) is 7.96. The Morgan fingerprint density at radius 1 is 1.14 bits per heavy atom. The van der Waals surface area contributed by atoms with Gasteiger partial charge in [-0.15, -0.1) is 0 Å². The molecule has 0 aliphatic carbocycles. The van der Waals surface area contributed by atoms with Crippen molar-refractivity contribution in [2.24, 2.45) is 0 Å². The zero-order valence-electron chi connectivity index (χ0n) is 16.5. The lowest BCUT2D eigenvalue weighted by Gasteiger charge is -2.34. The van der Waals surface area contributed by atoms with E-state index >= 15 is 0 Å². The van der Waals surface area contributed by atoms with Crippen molar-refractivity contribution in [2.45, 2.75) is 19.6 Å². The van der Waals surface area contributed by atoms with Crippen molar-refractivity contribution in [2.75, 3.05) is 42.9 Å². The van der Waals surface area contributed by atoms with Crippen LogP contribution >= 0.6 is 0 Å². The Morgan fingerprint density at radius 3 is 2.66 bits per heavy atom. The van der Waals surface area contributed by atoms with Crippen LogP contribution < -0.4 is 10.2 Å². The summed E-state index contributed by atoms with van der Waals surface area (Å²) in [5.74, 6) is 2.11. The van der Waals surface area contributed by atoms with Gasteiger partial charge in [-0.25, -0.2) is 18.4 Å². The van der Waals surface area contributed by atoms with E-state index < -0.39 is 10.0 Å². The van der Waals surface area contributed by atoms with E-state index in [1.54, 1.807) is 6.07 Å². The number of piperazine rings is 1. The van der Waals surface area contributed by atoms with Crippen LogP contribution in [0.2, 0.25) is 0 Å². The zero-order chi connectivity index (χ0) is 20.4. The molecule has 3 heterocycles. The molecular formula is C19H24N6O3S. The first kappa shape index (κ1) is 19.6. The highest BCUT2D eigenvalue weighted by molar-refractivity contribution is 7.88. The highest BCUT2D eigenvalue weighted by Crippen LogP contribution is 2.23. The second-order valence-electron chi connectivity index (χ2n) is 6.96. The molecule has 154 valence electrons. The highest BCUT2D eigenvalue weighted by Gasteiger charge is 2.29. The molecule has 1 N–H and O–H groups in total. The molecule has 2 aromatic heterocycles. The minimum atomic E-state index is -3.49. The highest BCUT2D eigenvalue weighted by atomic mass is 32.2. The number of anilines is 2. The van der Waals surface area contributed by atoms with Gasteiger partial charge in [0.15, 0.2) is 5.58 Å². The molecule has 0 atom stereocenters. The van der Waals surface area contributed by atoms with Gasteiger partial charge in [0.25, 0.3) is 0 Å². The van der Waals surface area contributed by atoms with Crippen molar-refractivity contribution in [1.82, 2.24) is 19.4 Å². The predicted octanol–water partition coefficient (Wildman–Crippen LogP) is 2.01. The molecular weight excluding hydrogens is 392 g/mol. The maximum absolute atomic E-state index is 12.9. The number of aryl methyl sites for hydroxylation is 1. The number of nitrogens with one attached hydrogen (secondary N) is 1. The molecule has 0 bridgehead atoms. The number of para-hydroxylation sites is 1. The van der Waals surface area contributed by atoms with E-state index in [0.29, 0.717) is 43.3 Å². The molecule has 0 amide bonds. The van der Waals surface area contributed by atoms with Gasteiger partial charge in [-0.2, -0.15) is 4.31 Å². The normalized spacial score (nSPS) is 15.7. The van der Waals surface area contributed by atoms with E-state index in [-0.39, 0.29) is 5.75 Å². The first-order chi connectivity index (χ1) is 14.0. The Morgan fingerprint density at radius 2 is 1.90 bits per heavy atom. The monoisotopic (exact) mass is 416 g/mol. The van der Waals surface area contributed by atoms with Gasteiger partial charge in [-0.05, 0) is 26.0 Å². The summed E-state index contributed by atoms with van der Waals surface area (Å²) in [7, 11) is -3.49. The van der Waals surface area contributed by atoms with Crippen molar-refractivity contribution in [3.8, 4) is 0 Å². The molecule has 10 heteroatoms. The molecule has 3 aromatic rings. The molecule has 1 aliphatic heterocycles. The molecule has 1 aliphatic rings. The van der Waals surface area contributed by atoms with Gasteiger partial charge >= 0.3 is 0 Å². The molecule has 9 nitrogen and oxygen atoms in total. The lowest BCUT2D eigenvalue weighted by molar-refractivity contribution is 0.381. The van der Waals surface area contributed by atoms with Crippen LogP contribution in [0, 0.1) is 6.92 Å². The summed E-state index contributed by atoms with van der Waals surface area (Å²) >= 11 is 0. The third-order valence-corrected chi connectivity index (χ3v) is 6.70.